The standard InChI is InChI=1S/C17H13ClN4O5/c18-13-6-5-10(9-14(13)22(26)27)19-15(23)7-8-21-17(25)12-4-2-1-3-11(12)16(24)20-21/h1-6,9H,7-8H2,(H,19,23)(H,20,24). The number of amides is 1. The lowest BCUT2D eigenvalue weighted by atomic mass is 10.2. The van der Waals surface area contributed by atoms with Crippen LogP contribution in [0.4, 0.5) is 11.4 Å². The first-order valence-corrected chi connectivity index (χ1v) is 8.20. The second-order valence-corrected chi connectivity index (χ2v) is 6.07. The second-order valence-electron chi connectivity index (χ2n) is 5.66. The van der Waals surface area contributed by atoms with Gasteiger partial charge in [0.15, 0.2) is 0 Å². The molecule has 9 nitrogen and oxygen atoms in total. The molecule has 0 unspecified atom stereocenters. The van der Waals surface area contributed by atoms with Crippen LogP contribution in [0, 0.1) is 10.1 Å². The van der Waals surface area contributed by atoms with Crippen LogP contribution in [-0.2, 0) is 11.3 Å². The van der Waals surface area contributed by atoms with Crippen LogP contribution in [0.5, 0.6) is 0 Å². The topological polar surface area (TPSA) is 127 Å². The Morgan fingerprint density at radius 3 is 2.59 bits per heavy atom. The minimum absolute atomic E-state index is 0.0432. The number of aromatic amines is 1. The van der Waals surface area contributed by atoms with E-state index >= 15 is 0 Å². The van der Waals surface area contributed by atoms with Gasteiger partial charge in [0, 0.05) is 18.2 Å². The van der Waals surface area contributed by atoms with E-state index in [4.69, 9.17) is 11.6 Å². The third-order valence-electron chi connectivity index (χ3n) is 3.87. The highest BCUT2D eigenvalue weighted by Crippen LogP contribution is 2.27. The van der Waals surface area contributed by atoms with Crippen LogP contribution in [0.15, 0.2) is 52.1 Å². The molecule has 10 heteroatoms. The molecule has 0 bridgehead atoms. The van der Waals surface area contributed by atoms with Crippen molar-refractivity contribution in [3.63, 3.8) is 0 Å². The highest BCUT2D eigenvalue weighted by Gasteiger charge is 2.14. The number of fused-ring (bicyclic) bond motifs is 1. The molecule has 0 atom stereocenters. The maximum atomic E-state index is 12.4. The van der Waals surface area contributed by atoms with Crippen molar-refractivity contribution in [2.75, 3.05) is 5.32 Å². The maximum Gasteiger partial charge on any atom is 0.289 e. The molecule has 2 N–H and O–H groups in total. The van der Waals surface area contributed by atoms with Crippen LogP contribution >= 0.6 is 11.6 Å². The van der Waals surface area contributed by atoms with Crippen molar-refractivity contribution in [3.05, 3.63) is 78.3 Å². The van der Waals surface area contributed by atoms with Gasteiger partial charge in [-0.15, -0.1) is 0 Å². The molecule has 0 spiro atoms. The summed E-state index contributed by atoms with van der Waals surface area (Å²) in [5.74, 6) is -0.479. The number of nitrogens with one attached hydrogen (secondary N) is 2. The number of H-pyrrole nitrogens is 1. The summed E-state index contributed by atoms with van der Waals surface area (Å²) in [6.45, 7) is -0.0551. The average molecular weight is 389 g/mol. The molecule has 2 aromatic carbocycles. The van der Waals surface area contributed by atoms with E-state index in [-0.39, 0.29) is 40.1 Å². The van der Waals surface area contributed by atoms with Gasteiger partial charge in [-0.25, -0.2) is 4.68 Å². The van der Waals surface area contributed by atoms with E-state index in [1.165, 1.54) is 18.2 Å². The summed E-state index contributed by atoms with van der Waals surface area (Å²) in [5.41, 5.74) is -0.973. The summed E-state index contributed by atoms with van der Waals surface area (Å²) < 4.78 is 1.06. The summed E-state index contributed by atoms with van der Waals surface area (Å²) in [4.78, 5) is 46.7. The van der Waals surface area contributed by atoms with E-state index in [1.54, 1.807) is 18.2 Å². The Bertz CT molecular complexity index is 1170. The van der Waals surface area contributed by atoms with Crippen molar-refractivity contribution in [3.8, 4) is 0 Å². The molecule has 1 aromatic heterocycles. The van der Waals surface area contributed by atoms with Gasteiger partial charge >= 0.3 is 0 Å². The summed E-state index contributed by atoms with van der Waals surface area (Å²) >= 11 is 5.72. The highest BCUT2D eigenvalue weighted by molar-refractivity contribution is 6.32. The molecule has 0 aliphatic rings. The van der Waals surface area contributed by atoms with Crippen molar-refractivity contribution in [1.82, 2.24) is 9.78 Å². The fraction of sp³-hybridized carbons (Fsp3) is 0.118. The Hall–Kier alpha value is -3.46. The third-order valence-corrected chi connectivity index (χ3v) is 4.19. The van der Waals surface area contributed by atoms with Crippen LogP contribution in [0.2, 0.25) is 5.02 Å². The number of benzene rings is 2. The molecule has 0 saturated heterocycles. The number of rotatable bonds is 5. The van der Waals surface area contributed by atoms with E-state index in [1.807, 2.05) is 0 Å². The predicted molar refractivity (Wildman–Crippen MR) is 100 cm³/mol. The summed E-state index contributed by atoms with van der Waals surface area (Å²) in [6.07, 6.45) is -0.120. The quantitative estimate of drug-likeness (QED) is 0.512. The van der Waals surface area contributed by atoms with Crippen LogP contribution in [-0.4, -0.2) is 20.6 Å². The SMILES string of the molecule is O=C(CCn1[nH]c(=O)c2ccccc2c1=O)Nc1ccc(Cl)c([N+](=O)[O-])c1. The summed E-state index contributed by atoms with van der Waals surface area (Å²) in [6, 6.07) is 10.3. The molecular weight excluding hydrogens is 376 g/mol. The summed E-state index contributed by atoms with van der Waals surface area (Å²) in [5, 5.41) is 16.3. The van der Waals surface area contributed by atoms with Gasteiger partial charge in [-0.1, -0.05) is 23.7 Å². The number of nitro groups is 1. The number of carbonyl (C=O) groups is 1. The van der Waals surface area contributed by atoms with Gasteiger partial charge in [0.2, 0.25) is 5.91 Å². The number of anilines is 1. The number of aryl methyl sites for hydroxylation is 1. The number of hydrogen-bond donors (Lipinski definition) is 2. The molecule has 0 aliphatic heterocycles. The zero-order valence-electron chi connectivity index (χ0n) is 13.8. The molecular formula is C17H13ClN4O5. The second kappa shape index (κ2) is 7.42. The number of nitrogens with zero attached hydrogens (tertiary/aromatic N) is 2. The maximum absolute atomic E-state index is 12.4. The van der Waals surface area contributed by atoms with Gasteiger partial charge in [-0.05, 0) is 24.3 Å². The van der Waals surface area contributed by atoms with Crippen LogP contribution < -0.4 is 16.4 Å². The molecule has 0 aliphatic carbocycles. The van der Waals surface area contributed by atoms with Gasteiger partial charge < -0.3 is 5.32 Å². The number of hydrogen-bond acceptors (Lipinski definition) is 5. The van der Waals surface area contributed by atoms with Gasteiger partial charge in [0.1, 0.15) is 5.02 Å². The van der Waals surface area contributed by atoms with Crippen LogP contribution in [0.3, 0.4) is 0 Å². The molecule has 1 heterocycles. The minimum Gasteiger partial charge on any atom is -0.326 e. The van der Waals surface area contributed by atoms with Crippen molar-refractivity contribution in [2.24, 2.45) is 0 Å². The fourth-order valence-electron chi connectivity index (χ4n) is 2.57. The molecule has 0 fully saturated rings. The highest BCUT2D eigenvalue weighted by atomic mass is 35.5. The first kappa shape index (κ1) is 18.3. The molecule has 0 radical (unpaired) electrons. The third kappa shape index (κ3) is 3.87. The fourth-order valence-corrected chi connectivity index (χ4v) is 2.76. The zero-order chi connectivity index (χ0) is 19.6. The average Bonchev–Trinajstić information content (AvgIpc) is 2.65. The summed E-state index contributed by atoms with van der Waals surface area (Å²) in [7, 11) is 0. The number of carbonyl (C=O) groups excluding carboxylic acids is 1. The molecule has 1 amide bonds. The van der Waals surface area contributed by atoms with E-state index < -0.39 is 21.9 Å². The van der Waals surface area contributed by atoms with Crippen molar-refractivity contribution in [2.45, 2.75) is 13.0 Å². The van der Waals surface area contributed by atoms with E-state index in [9.17, 15) is 24.5 Å². The van der Waals surface area contributed by atoms with E-state index in [0.717, 1.165) is 10.7 Å². The monoisotopic (exact) mass is 388 g/mol. The Morgan fingerprint density at radius 2 is 1.89 bits per heavy atom. The predicted octanol–water partition coefficient (Wildman–Crippen LogP) is 2.28. The Balaban J connectivity index is 1.75. The minimum atomic E-state index is -0.655. The molecule has 0 saturated carbocycles. The molecule has 138 valence electrons. The first-order valence-electron chi connectivity index (χ1n) is 7.82. The smallest absolute Gasteiger partial charge is 0.289 e. The zero-order valence-corrected chi connectivity index (χ0v) is 14.5. The molecule has 3 aromatic rings. The van der Waals surface area contributed by atoms with Crippen molar-refractivity contribution < 1.29 is 9.72 Å². The lowest BCUT2D eigenvalue weighted by Gasteiger charge is -2.08. The molecule has 3 rings (SSSR count). The van der Waals surface area contributed by atoms with Crippen molar-refractivity contribution in [1.29, 1.82) is 0 Å². The van der Waals surface area contributed by atoms with Gasteiger partial charge in [0.05, 0.1) is 22.2 Å². The van der Waals surface area contributed by atoms with E-state index in [2.05, 4.69) is 10.4 Å². The number of aromatic nitrogens is 2. The van der Waals surface area contributed by atoms with Gasteiger partial charge in [0.25, 0.3) is 16.8 Å². The van der Waals surface area contributed by atoms with Crippen molar-refractivity contribution >= 4 is 39.7 Å². The van der Waals surface area contributed by atoms with Crippen LogP contribution in [0.25, 0.3) is 10.8 Å². The Kier molecular flexibility index (Phi) is 5.04. The molecule has 27 heavy (non-hydrogen) atoms. The Morgan fingerprint density at radius 1 is 1.19 bits per heavy atom. The van der Waals surface area contributed by atoms with Gasteiger partial charge in [-0.3, -0.25) is 29.6 Å². The Labute approximate surface area is 156 Å². The van der Waals surface area contributed by atoms with E-state index in [0.29, 0.717) is 0 Å². The normalized spacial score (nSPS) is 10.7. The largest absolute Gasteiger partial charge is 0.326 e. The lowest BCUT2D eigenvalue weighted by molar-refractivity contribution is -0.384. The number of nitro benzene ring substituents is 1. The van der Waals surface area contributed by atoms with Crippen LogP contribution in [0.1, 0.15) is 6.42 Å². The first-order chi connectivity index (χ1) is 12.9. The van der Waals surface area contributed by atoms with Gasteiger partial charge in [-0.2, -0.15) is 0 Å². The number of halogens is 1. The lowest BCUT2D eigenvalue weighted by Crippen LogP contribution is -2.31.